The second-order valence-electron chi connectivity index (χ2n) is 5.48. The summed E-state index contributed by atoms with van der Waals surface area (Å²) in [7, 11) is 3.18. The molecule has 3 rings (SSSR count). The lowest BCUT2D eigenvalue weighted by molar-refractivity contribution is 0.356. The van der Waals surface area contributed by atoms with E-state index in [2.05, 4.69) is 14.9 Å². The molecule has 1 aromatic heterocycles. The van der Waals surface area contributed by atoms with E-state index >= 15 is 0 Å². The monoisotopic (exact) mass is 303 g/mol. The molecule has 1 aliphatic heterocycles. The van der Waals surface area contributed by atoms with Crippen molar-refractivity contribution in [3.63, 3.8) is 0 Å². The van der Waals surface area contributed by atoms with Crippen LogP contribution in [0.1, 0.15) is 12.8 Å². The number of methoxy groups -OCH3 is 2. The van der Waals surface area contributed by atoms with Crippen LogP contribution in [0, 0.1) is 0 Å². The molecule has 2 heterocycles. The second kappa shape index (κ2) is 5.84. The van der Waals surface area contributed by atoms with E-state index in [1.54, 1.807) is 20.3 Å². The Balaban J connectivity index is 2.07. The Morgan fingerprint density at radius 3 is 2.59 bits per heavy atom. The predicted molar refractivity (Wildman–Crippen MR) is 86.5 cm³/mol. The molecule has 1 atom stereocenters. The number of aromatic nitrogens is 2. The number of nitrogen functional groups attached to an aromatic ring is 1. The molecule has 7 nitrogen and oxygen atoms in total. The molecule has 4 N–H and O–H groups in total. The third kappa shape index (κ3) is 2.59. The van der Waals surface area contributed by atoms with Gasteiger partial charge in [0.25, 0.3) is 0 Å². The summed E-state index contributed by atoms with van der Waals surface area (Å²) in [5.41, 5.74) is 12.9. The molecule has 0 radical (unpaired) electrons. The highest BCUT2D eigenvalue weighted by Gasteiger charge is 2.20. The van der Waals surface area contributed by atoms with Gasteiger partial charge in [0, 0.05) is 30.6 Å². The van der Waals surface area contributed by atoms with Gasteiger partial charge >= 0.3 is 0 Å². The van der Waals surface area contributed by atoms with Crippen molar-refractivity contribution in [2.75, 3.05) is 37.9 Å². The van der Waals surface area contributed by atoms with Crippen molar-refractivity contribution >= 4 is 22.7 Å². The Morgan fingerprint density at radius 1 is 1.18 bits per heavy atom. The van der Waals surface area contributed by atoms with Crippen LogP contribution in [-0.4, -0.2) is 43.3 Å². The Morgan fingerprint density at radius 2 is 1.91 bits per heavy atom. The summed E-state index contributed by atoms with van der Waals surface area (Å²) >= 11 is 0. The van der Waals surface area contributed by atoms with Crippen molar-refractivity contribution in [2.24, 2.45) is 5.73 Å². The van der Waals surface area contributed by atoms with Gasteiger partial charge in [0.05, 0.1) is 19.7 Å². The molecule has 0 saturated carbocycles. The number of benzene rings is 1. The van der Waals surface area contributed by atoms with E-state index in [1.807, 2.05) is 6.07 Å². The summed E-state index contributed by atoms with van der Waals surface area (Å²) in [6.07, 6.45) is 2.07. The first kappa shape index (κ1) is 14.6. The number of ether oxygens (including phenoxy) is 2. The molecule has 22 heavy (non-hydrogen) atoms. The second-order valence-corrected chi connectivity index (χ2v) is 5.48. The van der Waals surface area contributed by atoms with Crippen molar-refractivity contribution in [2.45, 2.75) is 18.9 Å². The molecule has 1 saturated heterocycles. The molecular weight excluding hydrogens is 282 g/mol. The highest BCUT2D eigenvalue weighted by molar-refractivity contribution is 5.91. The lowest BCUT2D eigenvalue weighted by Crippen LogP contribution is -2.43. The van der Waals surface area contributed by atoms with Crippen molar-refractivity contribution < 1.29 is 9.47 Å². The summed E-state index contributed by atoms with van der Waals surface area (Å²) in [6.45, 7) is 1.64. The van der Waals surface area contributed by atoms with E-state index in [-0.39, 0.29) is 6.04 Å². The molecular formula is C15H21N5O2. The van der Waals surface area contributed by atoms with Gasteiger partial charge in [-0.05, 0) is 18.9 Å². The van der Waals surface area contributed by atoms with E-state index in [0.717, 1.165) is 36.8 Å². The number of rotatable bonds is 3. The number of nitrogens with zero attached hydrogens (tertiary/aromatic N) is 3. The lowest BCUT2D eigenvalue weighted by atomic mass is 10.1. The van der Waals surface area contributed by atoms with Crippen LogP contribution in [-0.2, 0) is 0 Å². The van der Waals surface area contributed by atoms with Crippen molar-refractivity contribution in [3.05, 3.63) is 12.1 Å². The number of hydrogen-bond acceptors (Lipinski definition) is 7. The van der Waals surface area contributed by atoms with Crippen LogP contribution in [0.3, 0.4) is 0 Å². The van der Waals surface area contributed by atoms with E-state index in [1.165, 1.54) is 0 Å². The average molecular weight is 303 g/mol. The van der Waals surface area contributed by atoms with Crippen LogP contribution in [0.2, 0.25) is 0 Å². The number of fused-ring (bicyclic) bond motifs is 1. The maximum Gasteiger partial charge on any atom is 0.227 e. The Labute approximate surface area is 129 Å². The summed E-state index contributed by atoms with van der Waals surface area (Å²) < 4.78 is 10.6. The van der Waals surface area contributed by atoms with Crippen molar-refractivity contribution in [1.82, 2.24) is 9.97 Å². The van der Waals surface area contributed by atoms with Gasteiger partial charge in [-0.25, -0.2) is 4.98 Å². The Bertz CT molecular complexity index is 691. The van der Waals surface area contributed by atoms with Gasteiger partial charge in [-0.3, -0.25) is 0 Å². The first-order valence-electron chi connectivity index (χ1n) is 7.32. The van der Waals surface area contributed by atoms with Gasteiger partial charge in [-0.1, -0.05) is 0 Å². The minimum absolute atomic E-state index is 0.152. The fraction of sp³-hybridized carbons (Fsp3) is 0.467. The Hall–Kier alpha value is -2.28. The molecule has 2 aromatic rings. The van der Waals surface area contributed by atoms with Crippen LogP contribution in [0.25, 0.3) is 10.9 Å². The first-order valence-corrected chi connectivity index (χ1v) is 7.32. The zero-order valence-corrected chi connectivity index (χ0v) is 12.9. The first-order chi connectivity index (χ1) is 10.6. The molecule has 1 fully saturated rings. The number of nitrogens with two attached hydrogens (primary N) is 2. The van der Waals surface area contributed by atoms with Crippen LogP contribution < -0.4 is 25.8 Å². The summed E-state index contributed by atoms with van der Waals surface area (Å²) in [6, 6.07) is 3.77. The molecule has 0 bridgehead atoms. The summed E-state index contributed by atoms with van der Waals surface area (Å²) in [5.74, 6) is 2.28. The van der Waals surface area contributed by atoms with E-state index in [4.69, 9.17) is 20.9 Å². The molecule has 7 heteroatoms. The van der Waals surface area contributed by atoms with Gasteiger partial charge in [0.2, 0.25) is 5.95 Å². The summed E-state index contributed by atoms with van der Waals surface area (Å²) in [4.78, 5) is 11.1. The maximum atomic E-state index is 6.11. The van der Waals surface area contributed by atoms with Crippen LogP contribution in [0.4, 0.5) is 11.8 Å². The van der Waals surface area contributed by atoms with E-state index < -0.39 is 0 Å². The number of anilines is 2. The van der Waals surface area contributed by atoms with Crippen LogP contribution in [0.15, 0.2) is 12.1 Å². The Kier molecular flexibility index (Phi) is 3.89. The largest absolute Gasteiger partial charge is 0.493 e. The van der Waals surface area contributed by atoms with Gasteiger partial charge in [0.1, 0.15) is 5.82 Å². The lowest BCUT2D eigenvalue weighted by Gasteiger charge is -2.31. The molecule has 0 aliphatic carbocycles. The van der Waals surface area contributed by atoms with Crippen LogP contribution in [0.5, 0.6) is 11.5 Å². The van der Waals surface area contributed by atoms with Crippen molar-refractivity contribution in [1.29, 1.82) is 0 Å². The fourth-order valence-electron chi connectivity index (χ4n) is 2.80. The predicted octanol–water partition coefficient (Wildman–Crippen LogP) is 1.16. The fourth-order valence-corrected chi connectivity index (χ4v) is 2.80. The van der Waals surface area contributed by atoms with E-state index in [0.29, 0.717) is 23.3 Å². The SMILES string of the molecule is COc1cc2nc(N3CCC[C@H](N)C3)nc(N)c2cc1OC. The third-order valence-corrected chi connectivity index (χ3v) is 3.96. The average Bonchev–Trinajstić information content (AvgIpc) is 2.53. The molecule has 0 amide bonds. The minimum Gasteiger partial charge on any atom is -0.493 e. The maximum absolute atomic E-state index is 6.11. The zero-order chi connectivity index (χ0) is 15.7. The molecule has 1 aliphatic rings. The highest BCUT2D eigenvalue weighted by atomic mass is 16.5. The quantitative estimate of drug-likeness (QED) is 0.877. The van der Waals surface area contributed by atoms with Gasteiger partial charge < -0.3 is 25.8 Å². The highest BCUT2D eigenvalue weighted by Crippen LogP contribution is 2.34. The molecule has 0 unspecified atom stereocenters. The zero-order valence-electron chi connectivity index (χ0n) is 12.9. The van der Waals surface area contributed by atoms with Crippen LogP contribution >= 0.6 is 0 Å². The molecule has 118 valence electrons. The summed E-state index contributed by atoms with van der Waals surface area (Å²) in [5, 5.41) is 0.753. The van der Waals surface area contributed by atoms with Gasteiger partial charge in [0.15, 0.2) is 11.5 Å². The van der Waals surface area contributed by atoms with Crippen molar-refractivity contribution in [3.8, 4) is 11.5 Å². The standard InChI is InChI=1S/C15H21N5O2/c1-21-12-6-10-11(7-13(12)22-2)18-15(19-14(10)17)20-5-3-4-9(16)8-20/h6-7,9H,3-5,8,16H2,1-2H3,(H2,17,18,19)/t9-/m0/s1. The van der Waals surface area contributed by atoms with E-state index in [9.17, 15) is 0 Å². The smallest absolute Gasteiger partial charge is 0.227 e. The minimum atomic E-state index is 0.152. The normalized spacial score (nSPS) is 18.5. The molecule has 1 aromatic carbocycles. The van der Waals surface area contributed by atoms with Gasteiger partial charge in [-0.2, -0.15) is 4.98 Å². The topological polar surface area (TPSA) is 99.5 Å². The number of piperidine rings is 1. The molecule has 0 spiro atoms. The number of hydrogen-bond donors (Lipinski definition) is 2. The third-order valence-electron chi connectivity index (χ3n) is 3.96. The van der Waals surface area contributed by atoms with Gasteiger partial charge in [-0.15, -0.1) is 0 Å².